The number of fused-ring (bicyclic) bond motifs is 1. The Bertz CT molecular complexity index is 456. The largest absolute Gasteiger partial charge is 0.394 e. The first-order valence-corrected chi connectivity index (χ1v) is 4.45. The molecule has 3 N–H and O–H groups in total. The number of nitrogens with zero attached hydrogens (tertiary/aromatic N) is 3. The van der Waals surface area contributed by atoms with E-state index in [0.717, 1.165) is 0 Å². The highest BCUT2D eigenvalue weighted by atomic mass is 35.5. The second-order valence-corrected chi connectivity index (χ2v) is 3.26. The predicted molar refractivity (Wildman–Crippen MR) is 52.0 cm³/mol. The molecule has 0 fully saturated rings. The van der Waals surface area contributed by atoms with Gasteiger partial charge in [-0.25, -0.2) is 4.98 Å². The third-order valence-electron chi connectivity index (χ3n) is 1.96. The van der Waals surface area contributed by atoms with E-state index >= 15 is 0 Å². The molecule has 2 aromatic rings. The van der Waals surface area contributed by atoms with Gasteiger partial charge in [-0.2, -0.15) is 0 Å². The first-order chi connectivity index (χ1) is 6.74. The topological polar surface area (TPSA) is 76.4 Å². The number of rotatable bonds is 2. The molecular weight excluding hydrogens is 204 g/mol. The number of halogens is 1. The molecule has 0 aliphatic heterocycles. The van der Waals surface area contributed by atoms with Gasteiger partial charge in [0, 0.05) is 12.4 Å². The molecule has 6 heteroatoms. The predicted octanol–water partition coefficient (Wildman–Crippen LogP) is 0.375. The molecule has 0 amide bonds. The van der Waals surface area contributed by atoms with Crippen LogP contribution in [-0.2, 0) is 0 Å². The van der Waals surface area contributed by atoms with Crippen LogP contribution in [0.5, 0.6) is 0 Å². The van der Waals surface area contributed by atoms with Gasteiger partial charge in [0.05, 0.1) is 18.8 Å². The molecule has 74 valence electrons. The van der Waals surface area contributed by atoms with Gasteiger partial charge in [0.25, 0.3) is 0 Å². The maximum Gasteiger partial charge on any atom is 0.161 e. The van der Waals surface area contributed by atoms with Crippen molar-refractivity contribution in [1.82, 2.24) is 14.4 Å². The second-order valence-electron chi connectivity index (χ2n) is 2.88. The van der Waals surface area contributed by atoms with E-state index in [1.807, 2.05) is 0 Å². The number of aliphatic hydroxyl groups is 1. The number of aliphatic hydroxyl groups excluding tert-OH is 1. The molecule has 2 heterocycles. The summed E-state index contributed by atoms with van der Waals surface area (Å²) in [6, 6.07) is -0.530. The molecule has 0 spiro atoms. The van der Waals surface area contributed by atoms with Gasteiger partial charge in [0.15, 0.2) is 5.65 Å². The maximum atomic E-state index is 8.92. The minimum atomic E-state index is -0.530. The minimum absolute atomic E-state index is 0.169. The minimum Gasteiger partial charge on any atom is -0.394 e. The van der Waals surface area contributed by atoms with Crippen LogP contribution in [0.1, 0.15) is 11.7 Å². The van der Waals surface area contributed by atoms with E-state index < -0.39 is 6.04 Å². The fourth-order valence-electron chi connectivity index (χ4n) is 1.26. The lowest BCUT2D eigenvalue weighted by atomic mass is 10.2. The standard InChI is InChI=1S/C8H9ClN4O/c9-6-3-12-8-7(5(10)4-14)11-1-2-13(6)8/h1-3,5,14H,4,10H2. The third kappa shape index (κ3) is 1.35. The fraction of sp³-hybridized carbons (Fsp3) is 0.250. The molecule has 2 aromatic heterocycles. The van der Waals surface area contributed by atoms with Gasteiger partial charge in [-0.1, -0.05) is 11.6 Å². The van der Waals surface area contributed by atoms with Crippen molar-refractivity contribution < 1.29 is 5.11 Å². The highest BCUT2D eigenvalue weighted by Crippen LogP contribution is 2.17. The summed E-state index contributed by atoms with van der Waals surface area (Å²) in [6.07, 6.45) is 4.79. The molecule has 14 heavy (non-hydrogen) atoms. The Kier molecular flexibility index (Phi) is 2.37. The van der Waals surface area contributed by atoms with Crippen LogP contribution in [0, 0.1) is 0 Å². The fourth-order valence-corrected chi connectivity index (χ4v) is 1.44. The second kappa shape index (κ2) is 3.53. The van der Waals surface area contributed by atoms with Crippen molar-refractivity contribution in [2.24, 2.45) is 5.73 Å². The number of nitrogens with two attached hydrogens (primary N) is 1. The van der Waals surface area contributed by atoms with E-state index in [4.69, 9.17) is 22.4 Å². The van der Waals surface area contributed by atoms with Crippen LogP contribution in [0.3, 0.4) is 0 Å². The van der Waals surface area contributed by atoms with Crippen LogP contribution in [-0.4, -0.2) is 26.1 Å². The summed E-state index contributed by atoms with van der Waals surface area (Å²) < 4.78 is 1.67. The summed E-state index contributed by atoms with van der Waals surface area (Å²) in [4.78, 5) is 8.13. The Morgan fingerprint density at radius 2 is 2.36 bits per heavy atom. The normalized spacial score (nSPS) is 13.4. The van der Waals surface area contributed by atoms with E-state index in [-0.39, 0.29) is 6.61 Å². The zero-order valence-electron chi connectivity index (χ0n) is 7.26. The van der Waals surface area contributed by atoms with E-state index in [9.17, 15) is 0 Å². The van der Waals surface area contributed by atoms with E-state index in [1.54, 1.807) is 16.8 Å². The molecule has 0 bridgehead atoms. The van der Waals surface area contributed by atoms with Crippen LogP contribution < -0.4 is 5.73 Å². The summed E-state index contributed by atoms with van der Waals surface area (Å²) in [5, 5.41) is 9.41. The molecule has 0 radical (unpaired) electrons. The van der Waals surface area contributed by atoms with Crippen LogP contribution >= 0.6 is 11.6 Å². The van der Waals surface area contributed by atoms with Gasteiger partial charge >= 0.3 is 0 Å². The van der Waals surface area contributed by atoms with Gasteiger partial charge in [0.2, 0.25) is 0 Å². The summed E-state index contributed by atoms with van der Waals surface area (Å²) >= 11 is 5.86. The van der Waals surface area contributed by atoms with Gasteiger partial charge in [0.1, 0.15) is 10.8 Å². The van der Waals surface area contributed by atoms with Crippen LogP contribution in [0.15, 0.2) is 18.6 Å². The third-order valence-corrected chi connectivity index (χ3v) is 2.24. The van der Waals surface area contributed by atoms with Crippen LogP contribution in [0.4, 0.5) is 0 Å². The number of hydrogen-bond donors (Lipinski definition) is 2. The smallest absolute Gasteiger partial charge is 0.161 e. The lowest BCUT2D eigenvalue weighted by molar-refractivity contribution is 0.266. The van der Waals surface area contributed by atoms with E-state index in [2.05, 4.69) is 9.97 Å². The number of aromatic nitrogens is 3. The van der Waals surface area contributed by atoms with E-state index in [1.165, 1.54) is 6.20 Å². The number of imidazole rings is 1. The summed E-state index contributed by atoms with van der Waals surface area (Å²) in [5.41, 5.74) is 6.79. The average Bonchev–Trinajstić information content (AvgIpc) is 2.59. The van der Waals surface area contributed by atoms with Crippen LogP contribution in [0.2, 0.25) is 5.15 Å². The quantitative estimate of drug-likeness (QED) is 0.755. The zero-order chi connectivity index (χ0) is 10.1. The summed E-state index contributed by atoms with van der Waals surface area (Å²) in [7, 11) is 0. The molecular formula is C8H9ClN4O. The molecule has 1 unspecified atom stereocenters. The Labute approximate surface area is 85.2 Å². The lowest BCUT2D eigenvalue weighted by Crippen LogP contribution is -2.17. The summed E-state index contributed by atoms with van der Waals surface area (Å²) in [5.74, 6) is 0. The van der Waals surface area contributed by atoms with Crippen LogP contribution in [0.25, 0.3) is 5.65 Å². The van der Waals surface area contributed by atoms with E-state index in [0.29, 0.717) is 16.5 Å². The maximum absolute atomic E-state index is 8.92. The first kappa shape index (κ1) is 9.39. The molecule has 0 saturated carbocycles. The van der Waals surface area contributed by atoms with Crippen molar-refractivity contribution in [3.05, 3.63) is 29.4 Å². The van der Waals surface area contributed by atoms with Crippen molar-refractivity contribution in [2.45, 2.75) is 6.04 Å². The Morgan fingerprint density at radius 1 is 1.57 bits per heavy atom. The van der Waals surface area contributed by atoms with Gasteiger partial charge in [-0.05, 0) is 0 Å². The monoisotopic (exact) mass is 212 g/mol. The molecule has 2 rings (SSSR count). The lowest BCUT2D eigenvalue weighted by Gasteiger charge is -2.07. The van der Waals surface area contributed by atoms with Crippen molar-refractivity contribution >= 4 is 17.2 Å². The summed E-state index contributed by atoms with van der Waals surface area (Å²) in [6.45, 7) is -0.169. The Hall–Kier alpha value is -1.17. The molecule has 0 aliphatic carbocycles. The number of hydrogen-bond acceptors (Lipinski definition) is 4. The first-order valence-electron chi connectivity index (χ1n) is 4.08. The molecule has 5 nitrogen and oxygen atoms in total. The molecule has 1 atom stereocenters. The highest BCUT2D eigenvalue weighted by molar-refractivity contribution is 6.29. The van der Waals surface area contributed by atoms with Crippen molar-refractivity contribution in [3.63, 3.8) is 0 Å². The van der Waals surface area contributed by atoms with Gasteiger partial charge < -0.3 is 10.8 Å². The Morgan fingerprint density at radius 3 is 3.07 bits per heavy atom. The highest BCUT2D eigenvalue weighted by Gasteiger charge is 2.13. The SMILES string of the molecule is NC(CO)c1nccn2c(Cl)cnc12. The van der Waals surface area contributed by atoms with Crippen molar-refractivity contribution in [2.75, 3.05) is 6.61 Å². The Balaban J connectivity index is 2.65. The zero-order valence-corrected chi connectivity index (χ0v) is 8.02. The molecule has 0 aliphatic rings. The average molecular weight is 213 g/mol. The molecule has 0 aromatic carbocycles. The van der Waals surface area contributed by atoms with Gasteiger partial charge in [-0.15, -0.1) is 0 Å². The molecule has 0 saturated heterocycles. The van der Waals surface area contributed by atoms with Crippen molar-refractivity contribution in [1.29, 1.82) is 0 Å². The van der Waals surface area contributed by atoms with Crippen molar-refractivity contribution in [3.8, 4) is 0 Å². The van der Waals surface area contributed by atoms with Gasteiger partial charge in [-0.3, -0.25) is 9.38 Å².